The van der Waals surface area contributed by atoms with Gasteiger partial charge in [0.2, 0.25) is 0 Å². The zero-order valence-corrected chi connectivity index (χ0v) is 8.29. The van der Waals surface area contributed by atoms with Crippen LogP contribution in [0.15, 0.2) is 12.1 Å². The lowest BCUT2D eigenvalue weighted by molar-refractivity contribution is 0.0597. The number of hydrogen-bond donors (Lipinski definition) is 0. The van der Waals surface area contributed by atoms with Crippen LogP contribution in [-0.4, -0.2) is 19.7 Å². The average Bonchev–Trinajstić information content (AvgIpc) is 2.62. The molecule has 1 heterocycles. The fourth-order valence-corrected chi connectivity index (χ4v) is 1.73. The highest BCUT2D eigenvalue weighted by atomic mass is 16.5. The summed E-state index contributed by atoms with van der Waals surface area (Å²) in [5.41, 5.74) is 2.71. The number of rotatable bonds is 1. The second-order valence-corrected chi connectivity index (χ2v) is 3.39. The molecular weight excluding hydrogens is 180 g/mol. The molecule has 1 aromatic rings. The van der Waals surface area contributed by atoms with Gasteiger partial charge in [-0.15, -0.1) is 0 Å². The molecule has 1 aliphatic heterocycles. The third-order valence-electron chi connectivity index (χ3n) is 2.33. The Morgan fingerprint density at radius 2 is 2.29 bits per heavy atom. The van der Waals surface area contributed by atoms with Crippen molar-refractivity contribution < 1.29 is 14.3 Å². The van der Waals surface area contributed by atoms with E-state index in [1.807, 2.05) is 6.92 Å². The second kappa shape index (κ2) is 3.33. The van der Waals surface area contributed by atoms with E-state index < -0.39 is 0 Å². The molecule has 0 aromatic heterocycles. The first-order valence-electron chi connectivity index (χ1n) is 4.57. The SMILES string of the molecule is COC(=O)c1cc(C)cc2c1OCC2. The van der Waals surface area contributed by atoms with E-state index in [-0.39, 0.29) is 5.97 Å². The van der Waals surface area contributed by atoms with Crippen LogP contribution < -0.4 is 4.74 Å². The van der Waals surface area contributed by atoms with Crippen LogP contribution in [0.1, 0.15) is 21.5 Å². The topological polar surface area (TPSA) is 35.5 Å². The van der Waals surface area contributed by atoms with E-state index >= 15 is 0 Å². The zero-order valence-electron chi connectivity index (χ0n) is 8.29. The van der Waals surface area contributed by atoms with Gasteiger partial charge in [-0.3, -0.25) is 0 Å². The van der Waals surface area contributed by atoms with Gasteiger partial charge in [-0.05, 0) is 24.1 Å². The number of methoxy groups -OCH3 is 1. The van der Waals surface area contributed by atoms with Gasteiger partial charge >= 0.3 is 5.97 Å². The second-order valence-electron chi connectivity index (χ2n) is 3.39. The van der Waals surface area contributed by atoms with Crippen molar-refractivity contribution in [1.82, 2.24) is 0 Å². The minimum Gasteiger partial charge on any atom is -0.492 e. The zero-order chi connectivity index (χ0) is 10.1. The van der Waals surface area contributed by atoms with E-state index in [1.165, 1.54) is 7.11 Å². The first-order chi connectivity index (χ1) is 6.72. The molecule has 0 N–H and O–H groups in total. The summed E-state index contributed by atoms with van der Waals surface area (Å²) < 4.78 is 10.1. The summed E-state index contributed by atoms with van der Waals surface area (Å²) in [4.78, 5) is 11.4. The number of carbonyl (C=O) groups excluding carboxylic acids is 1. The molecule has 0 amide bonds. The Hall–Kier alpha value is -1.51. The highest BCUT2D eigenvalue weighted by Crippen LogP contribution is 2.31. The number of fused-ring (bicyclic) bond motifs is 1. The van der Waals surface area contributed by atoms with Crippen LogP contribution in [0.5, 0.6) is 5.75 Å². The van der Waals surface area contributed by atoms with E-state index in [4.69, 9.17) is 9.47 Å². The molecule has 0 bridgehead atoms. The Balaban J connectivity index is 2.54. The Morgan fingerprint density at radius 1 is 1.50 bits per heavy atom. The molecule has 0 aliphatic carbocycles. The summed E-state index contributed by atoms with van der Waals surface area (Å²) in [6.45, 7) is 2.62. The summed E-state index contributed by atoms with van der Waals surface area (Å²) in [6.07, 6.45) is 0.876. The van der Waals surface area contributed by atoms with Crippen LogP contribution >= 0.6 is 0 Å². The van der Waals surface area contributed by atoms with Gasteiger partial charge < -0.3 is 9.47 Å². The van der Waals surface area contributed by atoms with Crippen molar-refractivity contribution >= 4 is 5.97 Å². The first-order valence-corrected chi connectivity index (χ1v) is 4.57. The third-order valence-corrected chi connectivity index (χ3v) is 2.33. The Labute approximate surface area is 82.6 Å². The fourth-order valence-electron chi connectivity index (χ4n) is 1.73. The van der Waals surface area contributed by atoms with Crippen molar-refractivity contribution in [2.75, 3.05) is 13.7 Å². The molecule has 0 fully saturated rings. The van der Waals surface area contributed by atoms with Gasteiger partial charge in [0.05, 0.1) is 13.7 Å². The summed E-state index contributed by atoms with van der Waals surface area (Å²) in [5.74, 6) is 0.370. The molecule has 74 valence electrons. The highest BCUT2D eigenvalue weighted by molar-refractivity contribution is 5.93. The van der Waals surface area contributed by atoms with Crippen molar-refractivity contribution in [3.63, 3.8) is 0 Å². The lowest BCUT2D eigenvalue weighted by Crippen LogP contribution is -2.04. The molecule has 0 radical (unpaired) electrons. The predicted octanol–water partition coefficient (Wildman–Crippen LogP) is 1.72. The van der Waals surface area contributed by atoms with Gasteiger partial charge in [-0.2, -0.15) is 0 Å². The average molecular weight is 192 g/mol. The number of carbonyl (C=O) groups is 1. The quantitative estimate of drug-likeness (QED) is 0.635. The number of esters is 1. The number of aryl methyl sites for hydroxylation is 1. The van der Waals surface area contributed by atoms with E-state index in [2.05, 4.69) is 6.07 Å². The Kier molecular flexibility index (Phi) is 2.15. The molecule has 1 aromatic carbocycles. The molecular formula is C11H12O3. The maximum atomic E-state index is 11.4. The van der Waals surface area contributed by atoms with Gasteiger partial charge in [0.1, 0.15) is 11.3 Å². The van der Waals surface area contributed by atoms with Gasteiger partial charge in [-0.1, -0.05) is 6.07 Å². The molecule has 3 heteroatoms. The van der Waals surface area contributed by atoms with Crippen molar-refractivity contribution in [3.05, 3.63) is 28.8 Å². The smallest absolute Gasteiger partial charge is 0.341 e. The van der Waals surface area contributed by atoms with Crippen LogP contribution in [0.3, 0.4) is 0 Å². The van der Waals surface area contributed by atoms with E-state index in [1.54, 1.807) is 6.07 Å². The van der Waals surface area contributed by atoms with E-state index in [0.717, 1.165) is 17.5 Å². The van der Waals surface area contributed by atoms with E-state index in [0.29, 0.717) is 17.9 Å². The van der Waals surface area contributed by atoms with Crippen LogP contribution in [0.4, 0.5) is 0 Å². The number of hydrogen-bond acceptors (Lipinski definition) is 3. The van der Waals surface area contributed by atoms with E-state index in [9.17, 15) is 4.79 Å². The molecule has 0 unspecified atom stereocenters. The van der Waals surface area contributed by atoms with Crippen LogP contribution in [0.2, 0.25) is 0 Å². The van der Waals surface area contributed by atoms with Gasteiger partial charge in [-0.25, -0.2) is 4.79 Å². The molecule has 0 atom stereocenters. The predicted molar refractivity (Wildman–Crippen MR) is 51.7 cm³/mol. The lowest BCUT2D eigenvalue weighted by atomic mass is 10.0. The van der Waals surface area contributed by atoms with Crippen LogP contribution in [0.25, 0.3) is 0 Å². The first kappa shape index (κ1) is 9.06. The van der Waals surface area contributed by atoms with Gasteiger partial charge in [0, 0.05) is 6.42 Å². The van der Waals surface area contributed by atoms with Crippen molar-refractivity contribution in [2.45, 2.75) is 13.3 Å². The minimum atomic E-state index is -0.327. The monoisotopic (exact) mass is 192 g/mol. The highest BCUT2D eigenvalue weighted by Gasteiger charge is 2.21. The fraction of sp³-hybridized carbons (Fsp3) is 0.364. The number of benzene rings is 1. The molecule has 1 aliphatic rings. The van der Waals surface area contributed by atoms with Gasteiger partial charge in [0.15, 0.2) is 0 Å². The van der Waals surface area contributed by atoms with Crippen molar-refractivity contribution in [2.24, 2.45) is 0 Å². The van der Waals surface area contributed by atoms with Crippen LogP contribution in [-0.2, 0) is 11.2 Å². The van der Waals surface area contributed by atoms with Crippen molar-refractivity contribution in [1.29, 1.82) is 0 Å². The van der Waals surface area contributed by atoms with Gasteiger partial charge in [0.25, 0.3) is 0 Å². The molecule has 0 spiro atoms. The Bertz CT molecular complexity index is 382. The summed E-state index contributed by atoms with van der Waals surface area (Å²) in [6, 6.07) is 3.85. The lowest BCUT2D eigenvalue weighted by Gasteiger charge is -2.07. The minimum absolute atomic E-state index is 0.327. The number of ether oxygens (including phenoxy) is 2. The molecule has 14 heavy (non-hydrogen) atoms. The summed E-state index contributed by atoms with van der Waals surface area (Å²) in [5, 5.41) is 0. The standard InChI is InChI=1S/C11H12O3/c1-7-5-8-3-4-14-10(8)9(6-7)11(12)13-2/h5-6H,3-4H2,1-2H3. The Morgan fingerprint density at radius 3 is 3.00 bits per heavy atom. The summed E-state index contributed by atoms with van der Waals surface area (Å²) >= 11 is 0. The largest absolute Gasteiger partial charge is 0.492 e. The van der Waals surface area contributed by atoms with Crippen LogP contribution in [0, 0.1) is 6.92 Å². The molecule has 0 saturated heterocycles. The maximum absolute atomic E-state index is 11.4. The summed E-state index contributed by atoms with van der Waals surface area (Å²) in [7, 11) is 1.38. The maximum Gasteiger partial charge on any atom is 0.341 e. The third kappa shape index (κ3) is 1.35. The van der Waals surface area contributed by atoms with Crippen molar-refractivity contribution in [3.8, 4) is 5.75 Å². The molecule has 2 rings (SSSR count). The normalized spacial score (nSPS) is 13.3. The molecule has 0 saturated carbocycles. The molecule has 3 nitrogen and oxygen atoms in total.